The summed E-state index contributed by atoms with van der Waals surface area (Å²) in [5.74, 6) is -0.483. The highest BCUT2D eigenvalue weighted by molar-refractivity contribution is 7.89. The van der Waals surface area contributed by atoms with Crippen molar-refractivity contribution in [1.29, 1.82) is 0 Å². The maximum absolute atomic E-state index is 12.9. The summed E-state index contributed by atoms with van der Waals surface area (Å²) in [6.45, 7) is 6.92. The molecule has 132 valence electrons. The minimum atomic E-state index is -3.68. The standard InChI is InChI=1S/C16H22FN3O3S/c1-12(2)11-18-16(21)20-9-7-14(8-10-20)19-24(22,23)15-5-3-13(17)4-6-15/h3-6,14,19H,1,7-11H2,2H3,(H,18,21). The molecule has 2 N–H and O–H groups in total. The van der Waals surface area contributed by atoms with E-state index in [0.29, 0.717) is 32.5 Å². The highest BCUT2D eigenvalue weighted by atomic mass is 32.2. The lowest BCUT2D eigenvalue weighted by Gasteiger charge is -2.32. The van der Waals surface area contributed by atoms with Gasteiger partial charge in [0.2, 0.25) is 10.0 Å². The van der Waals surface area contributed by atoms with Crippen molar-refractivity contribution in [3.05, 3.63) is 42.2 Å². The van der Waals surface area contributed by atoms with Crippen molar-refractivity contribution < 1.29 is 17.6 Å². The lowest BCUT2D eigenvalue weighted by Crippen LogP contribution is -2.49. The molecule has 0 atom stereocenters. The number of carbonyl (C=O) groups excluding carboxylic acids is 1. The molecule has 6 nitrogen and oxygen atoms in total. The molecule has 0 unspecified atom stereocenters. The molecule has 2 amide bonds. The van der Waals surface area contributed by atoms with Crippen LogP contribution in [0.2, 0.25) is 0 Å². The van der Waals surface area contributed by atoms with Crippen LogP contribution in [0.3, 0.4) is 0 Å². The van der Waals surface area contributed by atoms with Crippen molar-refractivity contribution >= 4 is 16.1 Å². The van der Waals surface area contributed by atoms with Crippen LogP contribution in [-0.4, -0.2) is 45.0 Å². The Morgan fingerprint density at radius 3 is 2.42 bits per heavy atom. The van der Waals surface area contributed by atoms with E-state index in [1.807, 2.05) is 6.92 Å². The Bertz CT molecular complexity index is 696. The highest BCUT2D eigenvalue weighted by Gasteiger charge is 2.26. The van der Waals surface area contributed by atoms with Crippen LogP contribution in [0.4, 0.5) is 9.18 Å². The van der Waals surface area contributed by atoms with Crippen LogP contribution in [-0.2, 0) is 10.0 Å². The molecule has 1 aliphatic heterocycles. The number of halogens is 1. The number of likely N-dealkylation sites (tertiary alicyclic amines) is 1. The van der Waals surface area contributed by atoms with Crippen LogP contribution < -0.4 is 10.0 Å². The molecule has 8 heteroatoms. The zero-order chi connectivity index (χ0) is 17.7. The Hall–Kier alpha value is -1.93. The predicted octanol–water partition coefficient (Wildman–Crippen LogP) is 1.85. The van der Waals surface area contributed by atoms with Gasteiger partial charge in [0.05, 0.1) is 4.90 Å². The second kappa shape index (κ2) is 7.76. The lowest BCUT2D eigenvalue weighted by molar-refractivity contribution is 0.181. The normalized spacial score (nSPS) is 16.0. The van der Waals surface area contributed by atoms with Crippen molar-refractivity contribution in [2.24, 2.45) is 0 Å². The molecule has 1 heterocycles. The number of hydrogen-bond donors (Lipinski definition) is 2. The Labute approximate surface area is 141 Å². The van der Waals surface area contributed by atoms with Gasteiger partial charge in [-0.3, -0.25) is 0 Å². The number of hydrogen-bond acceptors (Lipinski definition) is 3. The van der Waals surface area contributed by atoms with Gasteiger partial charge in [0.25, 0.3) is 0 Å². The molecule has 1 saturated heterocycles. The summed E-state index contributed by atoms with van der Waals surface area (Å²) in [6.07, 6.45) is 1.06. The molecular formula is C16H22FN3O3S. The second-order valence-corrected chi connectivity index (χ2v) is 7.67. The van der Waals surface area contributed by atoms with Gasteiger partial charge in [-0.05, 0) is 44.0 Å². The summed E-state index contributed by atoms with van der Waals surface area (Å²) < 4.78 is 40.1. The minimum absolute atomic E-state index is 0.0329. The number of amides is 2. The first-order valence-corrected chi connectivity index (χ1v) is 9.21. The van der Waals surface area contributed by atoms with Crippen LogP contribution >= 0.6 is 0 Å². The first-order chi connectivity index (χ1) is 11.3. The van der Waals surface area contributed by atoms with Crippen LogP contribution in [0.5, 0.6) is 0 Å². The van der Waals surface area contributed by atoms with Gasteiger partial charge in [-0.2, -0.15) is 0 Å². The van der Waals surface area contributed by atoms with E-state index in [1.54, 1.807) is 4.90 Å². The summed E-state index contributed by atoms with van der Waals surface area (Å²) in [5.41, 5.74) is 0.866. The van der Waals surface area contributed by atoms with Crippen LogP contribution in [0.15, 0.2) is 41.3 Å². The van der Waals surface area contributed by atoms with Crippen molar-refractivity contribution in [3.63, 3.8) is 0 Å². The summed E-state index contributed by atoms with van der Waals surface area (Å²) in [5, 5.41) is 2.76. The fourth-order valence-corrected chi connectivity index (χ4v) is 3.74. The number of urea groups is 1. The molecule has 0 saturated carbocycles. The van der Waals surface area contributed by atoms with Gasteiger partial charge in [0.15, 0.2) is 0 Å². The molecular weight excluding hydrogens is 333 g/mol. The fraction of sp³-hybridized carbons (Fsp3) is 0.438. The van der Waals surface area contributed by atoms with Gasteiger partial charge in [0, 0.05) is 25.7 Å². The van der Waals surface area contributed by atoms with Gasteiger partial charge >= 0.3 is 6.03 Å². The molecule has 2 rings (SSSR count). The summed E-state index contributed by atoms with van der Waals surface area (Å²) in [7, 11) is -3.68. The van der Waals surface area contributed by atoms with Gasteiger partial charge in [0.1, 0.15) is 5.82 Å². The Kier molecular flexibility index (Phi) is 5.95. The lowest BCUT2D eigenvalue weighted by atomic mass is 10.1. The molecule has 1 aliphatic rings. The van der Waals surface area contributed by atoms with E-state index < -0.39 is 15.8 Å². The van der Waals surface area contributed by atoms with Crippen molar-refractivity contribution in [2.75, 3.05) is 19.6 Å². The quantitative estimate of drug-likeness (QED) is 0.791. The topological polar surface area (TPSA) is 78.5 Å². The summed E-state index contributed by atoms with van der Waals surface area (Å²) in [4.78, 5) is 13.6. The Balaban J connectivity index is 1.87. The highest BCUT2D eigenvalue weighted by Crippen LogP contribution is 2.15. The molecule has 24 heavy (non-hydrogen) atoms. The van der Waals surface area contributed by atoms with Crippen LogP contribution in [0.25, 0.3) is 0 Å². The molecule has 1 aromatic rings. The number of rotatable bonds is 5. The fourth-order valence-electron chi connectivity index (χ4n) is 2.44. The van der Waals surface area contributed by atoms with E-state index in [1.165, 1.54) is 12.1 Å². The van der Waals surface area contributed by atoms with E-state index in [2.05, 4.69) is 16.6 Å². The average molecular weight is 355 g/mol. The number of piperidine rings is 1. The monoisotopic (exact) mass is 355 g/mol. The van der Waals surface area contributed by atoms with Gasteiger partial charge in [-0.15, -0.1) is 0 Å². The second-order valence-electron chi connectivity index (χ2n) is 5.95. The van der Waals surface area contributed by atoms with Gasteiger partial charge in [-0.1, -0.05) is 12.2 Å². The van der Waals surface area contributed by atoms with Crippen LogP contribution in [0.1, 0.15) is 19.8 Å². The number of sulfonamides is 1. The third-order valence-electron chi connectivity index (χ3n) is 3.77. The molecule has 1 aromatic carbocycles. The van der Waals surface area contributed by atoms with Crippen molar-refractivity contribution in [1.82, 2.24) is 14.9 Å². The number of benzene rings is 1. The number of nitrogens with one attached hydrogen (secondary N) is 2. The van der Waals surface area contributed by atoms with E-state index in [0.717, 1.165) is 17.7 Å². The zero-order valence-electron chi connectivity index (χ0n) is 13.6. The molecule has 0 bridgehead atoms. The van der Waals surface area contributed by atoms with Crippen LogP contribution in [0, 0.1) is 5.82 Å². The first-order valence-electron chi connectivity index (χ1n) is 7.73. The maximum atomic E-state index is 12.9. The minimum Gasteiger partial charge on any atom is -0.334 e. The molecule has 0 aromatic heterocycles. The van der Waals surface area contributed by atoms with E-state index in [9.17, 15) is 17.6 Å². The van der Waals surface area contributed by atoms with E-state index in [-0.39, 0.29) is 17.0 Å². The maximum Gasteiger partial charge on any atom is 0.317 e. The first kappa shape index (κ1) is 18.4. The molecule has 0 aliphatic carbocycles. The number of carbonyl (C=O) groups is 1. The van der Waals surface area contributed by atoms with Crippen molar-refractivity contribution in [3.8, 4) is 0 Å². The third-order valence-corrected chi connectivity index (χ3v) is 5.31. The average Bonchev–Trinajstić information content (AvgIpc) is 2.53. The Morgan fingerprint density at radius 2 is 1.88 bits per heavy atom. The molecule has 0 radical (unpaired) electrons. The zero-order valence-corrected chi connectivity index (χ0v) is 14.4. The van der Waals surface area contributed by atoms with Gasteiger partial charge < -0.3 is 10.2 Å². The van der Waals surface area contributed by atoms with E-state index >= 15 is 0 Å². The van der Waals surface area contributed by atoms with Crippen molar-refractivity contribution in [2.45, 2.75) is 30.7 Å². The Morgan fingerprint density at radius 1 is 1.29 bits per heavy atom. The van der Waals surface area contributed by atoms with Gasteiger partial charge in [-0.25, -0.2) is 22.3 Å². The predicted molar refractivity (Wildman–Crippen MR) is 89.5 cm³/mol. The molecule has 0 spiro atoms. The molecule has 1 fully saturated rings. The SMILES string of the molecule is C=C(C)CNC(=O)N1CCC(NS(=O)(=O)c2ccc(F)cc2)CC1. The largest absolute Gasteiger partial charge is 0.334 e. The summed E-state index contributed by atoms with van der Waals surface area (Å²) >= 11 is 0. The number of nitrogens with zero attached hydrogens (tertiary/aromatic N) is 1. The smallest absolute Gasteiger partial charge is 0.317 e. The third kappa shape index (κ3) is 5.04. The van der Waals surface area contributed by atoms with E-state index in [4.69, 9.17) is 0 Å². The summed E-state index contributed by atoms with van der Waals surface area (Å²) in [6, 6.07) is 4.28.